The van der Waals surface area contributed by atoms with E-state index in [1.54, 1.807) is 4.90 Å². The number of piperazine rings is 1. The number of likely N-dealkylation sites (N-methyl/N-ethyl adjacent to an activating group) is 1. The minimum Gasteiger partial charge on any atom is -0.333 e. The maximum atomic E-state index is 13.1. The summed E-state index contributed by atoms with van der Waals surface area (Å²) in [7, 11) is 2.00. The second-order valence-electron chi connectivity index (χ2n) is 4.74. The molecule has 3 nitrogen and oxygen atoms in total. The minimum atomic E-state index is -0.984. The topological polar surface area (TPSA) is 23.6 Å². The van der Waals surface area contributed by atoms with Gasteiger partial charge in [-0.05, 0) is 32.2 Å². The van der Waals surface area contributed by atoms with Crippen LogP contribution < -0.4 is 0 Å². The highest BCUT2D eigenvalue weighted by atomic mass is 19.2. The number of carbonyl (C=O) groups is 1. The summed E-state index contributed by atoms with van der Waals surface area (Å²) in [5.74, 6) is -2.16. The van der Waals surface area contributed by atoms with Gasteiger partial charge in [0.2, 0.25) is 0 Å². The molecule has 0 aliphatic carbocycles. The number of halogens is 2. The van der Waals surface area contributed by atoms with Crippen LogP contribution in [0.15, 0.2) is 18.2 Å². The van der Waals surface area contributed by atoms with E-state index < -0.39 is 11.6 Å². The van der Waals surface area contributed by atoms with Crippen LogP contribution in [-0.4, -0.2) is 48.4 Å². The Balaban J connectivity index is 2.18. The van der Waals surface area contributed by atoms with Crippen molar-refractivity contribution in [2.45, 2.75) is 13.0 Å². The van der Waals surface area contributed by atoms with Gasteiger partial charge in [-0.25, -0.2) is 8.78 Å². The van der Waals surface area contributed by atoms with E-state index in [1.165, 1.54) is 6.07 Å². The van der Waals surface area contributed by atoms with Gasteiger partial charge in [-0.15, -0.1) is 0 Å². The first-order chi connectivity index (χ1) is 8.49. The summed E-state index contributed by atoms with van der Waals surface area (Å²) in [5, 5.41) is 0. The Morgan fingerprint density at radius 3 is 2.61 bits per heavy atom. The van der Waals surface area contributed by atoms with E-state index in [9.17, 15) is 13.6 Å². The Morgan fingerprint density at radius 2 is 2.00 bits per heavy atom. The molecule has 1 unspecified atom stereocenters. The molecule has 0 bridgehead atoms. The average Bonchev–Trinajstić information content (AvgIpc) is 2.32. The number of carbonyl (C=O) groups excluding carboxylic acids is 1. The SMILES string of the molecule is CC1CN(C)CCN1C(=O)c1ccc(F)c(F)c1. The standard InChI is InChI=1S/C13H16F2N2O/c1-9-8-16(2)5-6-17(9)13(18)10-3-4-11(14)12(15)7-10/h3-4,7,9H,5-6,8H2,1-2H3. The van der Waals surface area contributed by atoms with Crippen molar-refractivity contribution < 1.29 is 13.6 Å². The molecule has 0 N–H and O–H groups in total. The summed E-state index contributed by atoms with van der Waals surface area (Å²) in [6, 6.07) is 3.35. The molecule has 0 aromatic heterocycles. The highest BCUT2D eigenvalue weighted by molar-refractivity contribution is 5.94. The zero-order chi connectivity index (χ0) is 13.3. The average molecular weight is 254 g/mol. The maximum absolute atomic E-state index is 13.1. The van der Waals surface area contributed by atoms with E-state index in [0.29, 0.717) is 6.54 Å². The predicted molar refractivity (Wildman–Crippen MR) is 64.4 cm³/mol. The molecule has 0 saturated carbocycles. The fourth-order valence-corrected chi connectivity index (χ4v) is 2.24. The van der Waals surface area contributed by atoms with Gasteiger partial charge in [-0.3, -0.25) is 4.79 Å². The normalized spacial score (nSPS) is 21.1. The lowest BCUT2D eigenvalue weighted by atomic mass is 10.1. The monoisotopic (exact) mass is 254 g/mol. The first-order valence-corrected chi connectivity index (χ1v) is 5.93. The summed E-state index contributed by atoms with van der Waals surface area (Å²) in [6.07, 6.45) is 0. The van der Waals surface area contributed by atoms with Crippen molar-refractivity contribution in [2.24, 2.45) is 0 Å². The molecule has 1 aromatic carbocycles. The van der Waals surface area contributed by atoms with Crippen molar-refractivity contribution in [3.8, 4) is 0 Å². The van der Waals surface area contributed by atoms with Gasteiger partial charge in [0, 0.05) is 31.2 Å². The maximum Gasteiger partial charge on any atom is 0.254 e. The Kier molecular flexibility index (Phi) is 3.61. The first-order valence-electron chi connectivity index (χ1n) is 5.93. The molecule has 5 heteroatoms. The van der Waals surface area contributed by atoms with Crippen LogP contribution in [0.25, 0.3) is 0 Å². The fourth-order valence-electron chi connectivity index (χ4n) is 2.24. The number of rotatable bonds is 1. The van der Waals surface area contributed by atoms with E-state index >= 15 is 0 Å². The van der Waals surface area contributed by atoms with Gasteiger partial charge >= 0.3 is 0 Å². The lowest BCUT2D eigenvalue weighted by molar-refractivity contribution is 0.0533. The van der Waals surface area contributed by atoms with Crippen LogP contribution in [0, 0.1) is 11.6 Å². The zero-order valence-electron chi connectivity index (χ0n) is 10.5. The Labute approximate surface area is 105 Å². The molecule has 1 atom stereocenters. The Morgan fingerprint density at radius 1 is 1.28 bits per heavy atom. The molecule has 1 fully saturated rings. The van der Waals surface area contributed by atoms with Gasteiger partial charge in [0.15, 0.2) is 11.6 Å². The molecule has 1 aliphatic rings. The van der Waals surface area contributed by atoms with E-state index in [0.717, 1.165) is 25.2 Å². The zero-order valence-corrected chi connectivity index (χ0v) is 10.5. The van der Waals surface area contributed by atoms with Crippen molar-refractivity contribution in [3.05, 3.63) is 35.4 Å². The quantitative estimate of drug-likeness (QED) is 0.762. The molecule has 0 spiro atoms. The van der Waals surface area contributed by atoms with Crippen molar-refractivity contribution in [1.82, 2.24) is 9.80 Å². The molecule has 1 aliphatic heterocycles. The van der Waals surface area contributed by atoms with Gasteiger partial charge in [-0.2, -0.15) is 0 Å². The van der Waals surface area contributed by atoms with Gasteiger partial charge in [0.1, 0.15) is 0 Å². The molecule has 18 heavy (non-hydrogen) atoms. The smallest absolute Gasteiger partial charge is 0.254 e. The van der Waals surface area contributed by atoms with Crippen molar-refractivity contribution in [1.29, 1.82) is 0 Å². The van der Waals surface area contributed by atoms with Crippen molar-refractivity contribution in [2.75, 3.05) is 26.7 Å². The third-order valence-corrected chi connectivity index (χ3v) is 3.26. The number of benzene rings is 1. The number of hydrogen-bond acceptors (Lipinski definition) is 2. The second kappa shape index (κ2) is 5.02. The first kappa shape index (κ1) is 13.0. The highest BCUT2D eigenvalue weighted by Crippen LogP contribution is 2.15. The van der Waals surface area contributed by atoms with E-state index in [1.807, 2.05) is 14.0 Å². The third kappa shape index (κ3) is 2.51. The lowest BCUT2D eigenvalue weighted by Crippen LogP contribution is -2.52. The third-order valence-electron chi connectivity index (χ3n) is 3.26. The summed E-state index contributed by atoms with van der Waals surface area (Å²) < 4.78 is 25.9. The van der Waals surface area contributed by atoms with Crippen molar-refractivity contribution >= 4 is 5.91 Å². The van der Waals surface area contributed by atoms with Crippen LogP contribution in [0.4, 0.5) is 8.78 Å². The molecule has 0 radical (unpaired) electrons. The van der Waals surface area contributed by atoms with E-state index in [-0.39, 0.29) is 17.5 Å². The van der Waals surface area contributed by atoms with Gasteiger partial charge in [-0.1, -0.05) is 0 Å². The van der Waals surface area contributed by atoms with Crippen molar-refractivity contribution in [3.63, 3.8) is 0 Å². The fraction of sp³-hybridized carbons (Fsp3) is 0.462. The Bertz CT molecular complexity index is 464. The minimum absolute atomic E-state index is 0.0735. The summed E-state index contributed by atoms with van der Waals surface area (Å²) in [4.78, 5) is 16.0. The van der Waals surface area contributed by atoms with Crippen LogP contribution >= 0.6 is 0 Å². The van der Waals surface area contributed by atoms with Gasteiger partial charge in [0.25, 0.3) is 5.91 Å². The number of nitrogens with zero attached hydrogens (tertiary/aromatic N) is 2. The van der Waals surface area contributed by atoms with E-state index in [4.69, 9.17) is 0 Å². The molecule has 2 rings (SSSR count). The van der Waals surface area contributed by atoms with Crippen LogP contribution in [0.3, 0.4) is 0 Å². The number of hydrogen-bond donors (Lipinski definition) is 0. The lowest BCUT2D eigenvalue weighted by Gasteiger charge is -2.38. The summed E-state index contributed by atoms with van der Waals surface area (Å²) in [6.45, 7) is 4.14. The summed E-state index contributed by atoms with van der Waals surface area (Å²) >= 11 is 0. The molecular formula is C13H16F2N2O. The molecule has 1 aromatic rings. The largest absolute Gasteiger partial charge is 0.333 e. The van der Waals surface area contributed by atoms with Crippen LogP contribution in [0.2, 0.25) is 0 Å². The summed E-state index contributed by atoms with van der Waals surface area (Å²) in [5.41, 5.74) is 0.199. The van der Waals surface area contributed by atoms with Crippen LogP contribution in [-0.2, 0) is 0 Å². The number of amides is 1. The molecular weight excluding hydrogens is 238 g/mol. The molecule has 1 amide bonds. The second-order valence-corrected chi connectivity index (χ2v) is 4.74. The highest BCUT2D eigenvalue weighted by Gasteiger charge is 2.26. The predicted octanol–water partition coefficient (Wildman–Crippen LogP) is 1.74. The van der Waals surface area contributed by atoms with Crippen LogP contribution in [0.1, 0.15) is 17.3 Å². The van der Waals surface area contributed by atoms with E-state index in [2.05, 4.69) is 4.90 Å². The van der Waals surface area contributed by atoms with Gasteiger partial charge < -0.3 is 9.80 Å². The van der Waals surface area contributed by atoms with Gasteiger partial charge in [0.05, 0.1) is 0 Å². The molecule has 1 saturated heterocycles. The molecule has 1 heterocycles. The molecule has 98 valence electrons. The Hall–Kier alpha value is -1.49. The van der Waals surface area contributed by atoms with Crippen LogP contribution in [0.5, 0.6) is 0 Å².